The molecular weight excluding hydrogens is 645 g/mol. The Labute approximate surface area is 309 Å². The zero-order chi connectivity index (χ0) is 35.6. The zero-order valence-corrected chi connectivity index (χ0v) is 30.0. The molecule has 0 amide bonds. The molecule has 0 spiro atoms. The van der Waals surface area contributed by atoms with Crippen LogP contribution < -0.4 is 0 Å². The summed E-state index contributed by atoms with van der Waals surface area (Å²) in [5, 5.41) is 9.89. The number of benzene rings is 9. The number of thiophene rings is 1. The van der Waals surface area contributed by atoms with Gasteiger partial charge in [-0.1, -0.05) is 178 Å². The Bertz CT molecular complexity index is 3000. The van der Waals surface area contributed by atoms with Crippen LogP contribution in [0.4, 0.5) is 0 Å². The summed E-state index contributed by atoms with van der Waals surface area (Å²) in [7, 11) is 0. The highest BCUT2D eigenvalue weighted by molar-refractivity contribution is 7.26. The minimum absolute atomic E-state index is 0.434. The molecule has 0 unspecified atom stereocenters. The summed E-state index contributed by atoms with van der Waals surface area (Å²) >= 11 is 1.92. The Hall–Kier alpha value is -6.02. The molecule has 0 atom stereocenters. The van der Waals surface area contributed by atoms with Crippen molar-refractivity contribution in [1.82, 2.24) is 0 Å². The van der Waals surface area contributed by atoms with Crippen LogP contribution in [0.5, 0.6) is 0 Å². The number of fused-ring (bicyclic) bond motifs is 6. The molecule has 0 aliphatic heterocycles. The van der Waals surface area contributed by atoms with Crippen molar-refractivity contribution < 1.29 is 1.37 Å². The second-order valence-corrected chi connectivity index (χ2v) is 15.1. The zero-order valence-electron chi connectivity index (χ0n) is 30.2. The van der Waals surface area contributed by atoms with Crippen LogP contribution in [0.3, 0.4) is 0 Å². The molecule has 0 nitrogen and oxygen atoms in total. The smallest absolute Gasteiger partial charge is 0.0623 e. The Balaban J connectivity index is 1.26. The van der Waals surface area contributed by atoms with Gasteiger partial charge >= 0.3 is 0 Å². The minimum Gasteiger partial charge on any atom is -0.135 e. The summed E-state index contributed by atoms with van der Waals surface area (Å²) < 4.78 is 10.8. The molecule has 0 aliphatic carbocycles. The summed E-state index contributed by atoms with van der Waals surface area (Å²) in [5.74, 6) is 0.434. The van der Waals surface area contributed by atoms with Crippen molar-refractivity contribution in [1.29, 1.82) is 0 Å². The van der Waals surface area contributed by atoms with Gasteiger partial charge in [-0.15, -0.1) is 11.3 Å². The topological polar surface area (TPSA) is 0 Å². The van der Waals surface area contributed by atoms with Crippen LogP contribution in [-0.4, -0.2) is 0 Å². The first kappa shape index (κ1) is 29.7. The average molecular weight is 682 g/mol. The van der Waals surface area contributed by atoms with E-state index in [2.05, 4.69) is 172 Å². The SMILES string of the molecule is [2H]c1ccc2cc(-c3ccccc3-c3c4ccccc4c(-c4ccccc4-c4ccc(C(C)C)c5sc6ccccc6c45)c4ccccc34)ccc2c1. The van der Waals surface area contributed by atoms with E-state index >= 15 is 0 Å². The largest absolute Gasteiger partial charge is 0.135 e. The summed E-state index contributed by atoms with van der Waals surface area (Å²) in [6, 6.07) is 62.5. The highest BCUT2D eigenvalue weighted by Gasteiger charge is 2.22. The standard InChI is InChI=1S/C51H36S/c1-32(2)36-29-30-45(50-46-25-13-14-26-47(46)52-51(36)50)38-18-6-8-20-40(38)49-43-23-11-9-21-41(43)48(42-22-10-12-24-44(42)49)39-19-7-5-17-37(39)35-28-27-33-15-3-4-16-34(33)31-35/h3-32H,1-2H3/i3D. The van der Waals surface area contributed by atoms with Crippen molar-refractivity contribution >= 4 is 63.8 Å². The van der Waals surface area contributed by atoms with E-state index in [0.29, 0.717) is 12.0 Å². The number of hydrogen-bond acceptors (Lipinski definition) is 1. The predicted molar refractivity (Wildman–Crippen MR) is 228 cm³/mol. The van der Waals surface area contributed by atoms with Crippen LogP contribution in [0, 0.1) is 0 Å². The molecule has 0 aliphatic rings. The molecule has 0 radical (unpaired) electrons. The first-order chi connectivity index (χ1) is 26.0. The molecule has 0 N–H and O–H groups in total. The molecule has 9 aromatic carbocycles. The Kier molecular flexibility index (Phi) is 7.04. The maximum atomic E-state index is 8.12. The van der Waals surface area contributed by atoms with Crippen molar-refractivity contribution in [3.8, 4) is 44.5 Å². The average Bonchev–Trinajstić information content (AvgIpc) is 3.59. The summed E-state index contributed by atoms with van der Waals surface area (Å²) in [6.45, 7) is 4.61. The molecular formula is C51H36S. The molecule has 0 saturated heterocycles. The molecule has 10 rings (SSSR count). The van der Waals surface area contributed by atoms with Crippen molar-refractivity contribution in [2.24, 2.45) is 0 Å². The fraction of sp³-hybridized carbons (Fsp3) is 0.0588. The van der Waals surface area contributed by atoms with E-state index in [1.807, 2.05) is 23.5 Å². The third-order valence-corrected chi connectivity index (χ3v) is 12.0. The Morgan fingerprint density at radius 3 is 1.65 bits per heavy atom. The van der Waals surface area contributed by atoms with Gasteiger partial charge in [0.25, 0.3) is 0 Å². The van der Waals surface area contributed by atoms with Crippen LogP contribution in [-0.2, 0) is 0 Å². The van der Waals surface area contributed by atoms with E-state index in [0.717, 1.165) is 10.8 Å². The van der Waals surface area contributed by atoms with E-state index in [1.54, 1.807) is 0 Å². The van der Waals surface area contributed by atoms with Gasteiger partial charge in [-0.05, 0) is 100 Å². The van der Waals surface area contributed by atoms with E-state index in [1.165, 1.54) is 91.8 Å². The lowest BCUT2D eigenvalue weighted by Crippen LogP contribution is -1.95. The van der Waals surface area contributed by atoms with Crippen molar-refractivity contribution in [3.63, 3.8) is 0 Å². The Morgan fingerprint density at radius 2 is 1.00 bits per heavy atom. The maximum Gasteiger partial charge on any atom is 0.0623 e. The van der Waals surface area contributed by atoms with E-state index in [4.69, 9.17) is 1.37 Å². The highest BCUT2D eigenvalue weighted by Crippen LogP contribution is 2.50. The normalized spacial score (nSPS) is 12.1. The fourth-order valence-electron chi connectivity index (χ4n) is 8.42. The van der Waals surface area contributed by atoms with Crippen LogP contribution in [0.1, 0.15) is 26.7 Å². The lowest BCUT2D eigenvalue weighted by Gasteiger charge is -2.21. The van der Waals surface area contributed by atoms with Gasteiger partial charge in [-0.3, -0.25) is 0 Å². The van der Waals surface area contributed by atoms with Crippen LogP contribution in [0.25, 0.3) is 97.0 Å². The molecule has 0 bridgehead atoms. The molecule has 0 saturated carbocycles. The fourth-order valence-corrected chi connectivity index (χ4v) is 9.81. The summed E-state index contributed by atoms with van der Waals surface area (Å²) in [4.78, 5) is 0. The predicted octanol–water partition coefficient (Wildman–Crippen LogP) is 15.3. The molecule has 1 heteroatoms. The molecule has 52 heavy (non-hydrogen) atoms. The summed E-state index contributed by atoms with van der Waals surface area (Å²) in [6.07, 6.45) is 0. The van der Waals surface area contributed by atoms with Crippen LogP contribution in [0.2, 0.25) is 0 Å². The van der Waals surface area contributed by atoms with E-state index in [9.17, 15) is 0 Å². The molecule has 10 aromatic rings. The van der Waals surface area contributed by atoms with Crippen molar-refractivity contribution in [2.45, 2.75) is 19.8 Å². The third-order valence-electron chi connectivity index (χ3n) is 10.8. The third kappa shape index (κ3) is 4.81. The second kappa shape index (κ2) is 12.3. The monoisotopic (exact) mass is 681 g/mol. The van der Waals surface area contributed by atoms with Gasteiger partial charge in [0.1, 0.15) is 0 Å². The van der Waals surface area contributed by atoms with Gasteiger partial charge in [-0.25, -0.2) is 0 Å². The number of rotatable bonds is 5. The second-order valence-electron chi connectivity index (χ2n) is 14.1. The van der Waals surface area contributed by atoms with E-state index < -0.39 is 0 Å². The lowest BCUT2D eigenvalue weighted by atomic mass is 9.82. The highest BCUT2D eigenvalue weighted by atomic mass is 32.1. The Morgan fingerprint density at radius 1 is 0.442 bits per heavy atom. The first-order valence-electron chi connectivity index (χ1n) is 18.6. The van der Waals surface area contributed by atoms with Gasteiger partial charge in [0, 0.05) is 20.2 Å². The lowest BCUT2D eigenvalue weighted by molar-refractivity contribution is 0.878. The van der Waals surface area contributed by atoms with Crippen molar-refractivity contribution in [2.75, 3.05) is 0 Å². The molecule has 0 fully saturated rings. The number of hydrogen-bond donors (Lipinski definition) is 0. The van der Waals surface area contributed by atoms with Gasteiger partial charge < -0.3 is 0 Å². The van der Waals surface area contributed by atoms with Crippen LogP contribution in [0.15, 0.2) is 176 Å². The molecule has 246 valence electrons. The summed E-state index contributed by atoms with van der Waals surface area (Å²) in [5.41, 5.74) is 11.3. The van der Waals surface area contributed by atoms with Gasteiger partial charge in [-0.2, -0.15) is 0 Å². The van der Waals surface area contributed by atoms with Crippen LogP contribution >= 0.6 is 11.3 Å². The quantitative estimate of drug-likeness (QED) is 0.159. The molecule has 1 heterocycles. The van der Waals surface area contributed by atoms with Gasteiger partial charge in [0.15, 0.2) is 0 Å². The van der Waals surface area contributed by atoms with Gasteiger partial charge in [0.05, 0.1) is 1.37 Å². The first-order valence-corrected chi connectivity index (χ1v) is 18.9. The van der Waals surface area contributed by atoms with Gasteiger partial charge in [0.2, 0.25) is 0 Å². The molecule has 1 aromatic heterocycles. The van der Waals surface area contributed by atoms with E-state index in [-0.39, 0.29) is 0 Å². The van der Waals surface area contributed by atoms with Crippen molar-refractivity contribution in [3.05, 3.63) is 181 Å². The minimum atomic E-state index is 0.434. The maximum absolute atomic E-state index is 8.12.